The van der Waals surface area contributed by atoms with Crippen LogP contribution in [0.2, 0.25) is 0 Å². The molecule has 3 rings (SSSR count). The molecule has 1 aliphatic rings. The van der Waals surface area contributed by atoms with E-state index in [1.54, 1.807) is 42.1 Å². The molecule has 0 amide bonds. The molecule has 1 fully saturated rings. The van der Waals surface area contributed by atoms with Crippen molar-refractivity contribution in [2.24, 2.45) is 5.92 Å². The summed E-state index contributed by atoms with van der Waals surface area (Å²) in [5.74, 6) is 0.805. The van der Waals surface area contributed by atoms with Gasteiger partial charge in [0.15, 0.2) is 0 Å². The maximum Gasteiger partial charge on any atom is 0.281 e. The van der Waals surface area contributed by atoms with Gasteiger partial charge in [0.05, 0.1) is 21.8 Å². The van der Waals surface area contributed by atoms with Gasteiger partial charge in [-0.2, -0.15) is 17.0 Å². The zero-order valence-corrected chi connectivity index (χ0v) is 17.9. The third kappa shape index (κ3) is 4.71. The van der Waals surface area contributed by atoms with Gasteiger partial charge in [0.1, 0.15) is 5.69 Å². The first kappa shape index (κ1) is 20.3. The van der Waals surface area contributed by atoms with Crippen molar-refractivity contribution < 1.29 is 8.42 Å². The minimum absolute atomic E-state index is 0.231. The Morgan fingerprint density at radius 2 is 1.93 bits per heavy atom. The molecule has 0 saturated carbocycles. The molecule has 0 atom stereocenters. The van der Waals surface area contributed by atoms with Crippen LogP contribution in [0, 0.1) is 5.92 Å². The number of nitrogens with zero attached hydrogens (tertiary/aromatic N) is 5. The van der Waals surface area contributed by atoms with Crippen LogP contribution >= 0.6 is 11.3 Å². The summed E-state index contributed by atoms with van der Waals surface area (Å²) >= 11 is 1.67. The molecular formula is C18H27N5O2S2. The SMILES string of the molecule is CC(C)Cc1ncc(-c2cncc(C3CCN(S(=O)(=O)N(C)C)CC3)n2)s1. The van der Waals surface area contributed by atoms with Gasteiger partial charge in [0.25, 0.3) is 10.2 Å². The molecule has 7 nitrogen and oxygen atoms in total. The van der Waals surface area contributed by atoms with Crippen LogP contribution < -0.4 is 0 Å². The summed E-state index contributed by atoms with van der Waals surface area (Å²) in [6.45, 7) is 5.39. The fourth-order valence-electron chi connectivity index (χ4n) is 3.18. The Kier molecular flexibility index (Phi) is 6.25. The fourth-order valence-corrected chi connectivity index (χ4v) is 5.40. The quantitative estimate of drug-likeness (QED) is 0.733. The van der Waals surface area contributed by atoms with E-state index in [0.29, 0.717) is 19.0 Å². The van der Waals surface area contributed by atoms with Gasteiger partial charge in [-0.15, -0.1) is 11.3 Å². The average Bonchev–Trinajstić information content (AvgIpc) is 3.09. The lowest BCUT2D eigenvalue weighted by Crippen LogP contribution is -2.44. The van der Waals surface area contributed by atoms with E-state index in [0.717, 1.165) is 40.5 Å². The highest BCUT2D eigenvalue weighted by atomic mass is 32.2. The molecule has 2 aromatic rings. The fraction of sp³-hybridized carbons (Fsp3) is 0.611. The minimum Gasteiger partial charge on any atom is -0.261 e. The zero-order chi connectivity index (χ0) is 19.6. The second kappa shape index (κ2) is 8.30. The Hall–Kier alpha value is -1.42. The van der Waals surface area contributed by atoms with Gasteiger partial charge in [-0.25, -0.2) is 9.97 Å². The molecule has 27 heavy (non-hydrogen) atoms. The van der Waals surface area contributed by atoms with Crippen molar-refractivity contribution in [1.29, 1.82) is 0 Å². The zero-order valence-electron chi connectivity index (χ0n) is 16.3. The molecule has 2 aromatic heterocycles. The lowest BCUT2D eigenvalue weighted by atomic mass is 9.95. The van der Waals surface area contributed by atoms with E-state index in [4.69, 9.17) is 4.98 Å². The van der Waals surface area contributed by atoms with E-state index in [-0.39, 0.29) is 5.92 Å². The summed E-state index contributed by atoms with van der Waals surface area (Å²) < 4.78 is 27.3. The lowest BCUT2D eigenvalue weighted by Gasteiger charge is -2.32. The van der Waals surface area contributed by atoms with Crippen LogP contribution in [0.3, 0.4) is 0 Å². The number of rotatable bonds is 6. The summed E-state index contributed by atoms with van der Waals surface area (Å²) in [6, 6.07) is 0. The van der Waals surface area contributed by atoms with Crippen LogP contribution in [0.15, 0.2) is 18.6 Å². The minimum atomic E-state index is -3.34. The third-order valence-corrected chi connectivity index (χ3v) is 7.68. The molecule has 1 aliphatic heterocycles. The molecular weight excluding hydrogens is 382 g/mol. The highest BCUT2D eigenvalue weighted by molar-refractivity contribution is 7.86. The molecule has 1 saturated heterocycles. The van der Waals surface area contributed by atoms with Gasteiger partial charge in [0, 0.05) is 51.9 Å². The van der Waals surface area contributed by atoms with Crippen molar-refractivity contribution in [2.75, 3.05) is 27.2 Å². The van der Waals surface area contributed by atoms with Crippen LogP contribution in [-0.4, -0.2) is 59.2 Å². The Labute approximate surface area is 165 Å². The molecule has 0 unspecified atom stereocenters. The molecule has 0 spiro atoms. The standard InChI is InChI=1S/C18H27N5O2S2/c1-13(2)9-18-20-12-17(26-18)16-11-19-10-15(21-16)14-5-7-23(8-6-14)27(24,25)22(3)4/h10-14H,5-9H2,1-4H3. The van der Waals surface area contributed by atoms with Crippen LogP contribution in [0.4, 0.5) is 0 Å². The molecule has 0 bridgehead atoms. The maximum atomic E-state index is 12.3. The van der Waals surface area contributed by atoms with E-state index in [9.17, 15) is 8.42 Å². The first-order valence-corrected chi connectivity index (χ1v) is 11.4. The first-order valence-electron chi connectivity index (χ1n) is 9.22. The number of aromatic nitrogens is 3. The number of hydrogen-bond acceptors (Lipinski definition) is 6. The summed E-state index contributed by atoms with van der Waals surface area (Å²) in [6.07, 6.45) is 7.94. The van der Waals surface area contributed by atoms with Gasteiger partial charge >= 0.3 is 0 Å². The molecule has 9 heteroatoms. The summed E-state index contributed by atoms with van der Waals surface area (Å²) in [5.41, 5.74) is 1.79. The number of thiazole rings is 1. The van der Waals surface area contributed by atoms with Gasteiger partial charge < -0.3 is 0 Å². The van der Waals surface area contributed by atoms with E-state index < -0.39 is 10.2 Å². The van der Waals surface area contributed by atoms with Gasteiger partial charge in [-0.05, 0) is 18.8 Å². The van der Waals surface area contributed by atoms with Gasteiger partial charge in [0.2, 0.25) is 0 Å². The van der Waals surface area contributed by atoms with Crippen molar-refractivity contribution >= 4 is 21.5 Å². The Morgan fingerprint density at radius 3 is 2.56 bits per heavy atom. The highest BCUT2D eigenvalue weighted by Gasteiger charge is 2.30. The van der Waals surface area contributed by atoms with Gasteiger partial charge in [-0.3, -0.25) is 4.98 Å². The molecule has 3 heterocycles. The molecule has 0 aromatic carbocycles. The van der Waals surface area contributed by atoms with Gasteiger partial charge in [-0.1, -0.05) is 13.8 Å². The summed E-state index contributed by atoms with van der Waals surface area (Å²) in [7, 11) is -0.203. The van der Waals surface area contributed by atoms with Crippen molar-refractivity contribution in [2.45, 2.75) is 39.0 Å². The largest absolute Gasteiger partial charge is 0.281 e. The van der Waals surface area contributed by atoms with Crippen LogP contribution in [0.5, 0.6) is 0 Å². The van der Waals surface area contributed by atoms with E-state index in [1.165, 1.54) is 4.31 Å². The van der Waals surface area contributed by atoms with Crippen molar-refractivity contribution in [3.63, 3.8) is 0 Å². The second-order valence-corrected chi connectivity index (χ2v) is 10.8. The van der Waals surface area contributed by atoms with E-state index >= 15 is 0 Å². The number of hydrogen-bond donors (Lipinski definition) is 0. The topological polar surface area (TPSA) is 79.3 Å². The Balaban J connectivity index is 1.71. The first-order chi connectivity index (χ1) is 12.8. The van der Waals surface area contributed by atoms with Crippen LogP contribution in [0.1, 0.15) is 43.3 Å². The van der Waals surface area contributed by atoms with Crippen LogP contribution in [0.25, 0.3) is 10.6 Å². The van der Waals surface area contributed by atoms with E-state index in [1.807, 2.05) is 6.20 Å². The predicted octanol–water partition coefficient (Wildman–Crippen LogP) is 2.78. The van der Waals surface area contributed by atoms with Crippen molar-refractivity contribution in [3.8, 4) is 10.6 Å². The molecule has 0 aliphatic carbocycles. The summed E-state index contributed by atoms with van der Waals surface area (Å²) in [4.78, 5) is 14.7. The maximum absolute atomic E-state index is 12.3. The van der Waals surface area contributed by atoms with Crippen molar-refractivity contribution in [1.82, 2.24) is 23.6 Å². The molecule has 148 valence electrons. The average molecular weight is 410 g/mol. The molecule has 0 radical (unpaired) electrons. The van der Waals surface area contributed by atoms with Crippen molar-refractivity contribution in [3.05, 3.63) is 29.3 Å². The van der Waals surface area contributed by atoms with Crippen LogP contribution in [-0.2, 0) is 16.6 Å². The second-order valence-electron chi connectivity index (χ2n) is 7.51. The normalized spacial score (nSPS) is 17.1. The summed E-state index contributed by atoms with van der Waals surface area (Å²) in [5, 5.41) is 1.12. The Bertz CT molecular complexity index is 871. The highest BCUT2D eigenvalue weighted by Crippen LogP contribution is 2.31. The lowest BCUT2D eigenvalue weighted by molar-refractivity contribution is 0.300. The smallest absolute Gasteiger partial charge is 0.261 e. The molecule has 0 N–H and O–H groups in total. The Morgan fingerprint density at radius 1 is 1.22 bits per heavy atom. The third-order valence-electron chi connectivity index (χ3n) is 4.70. The monoisotopic (exact) mass is 409 g/mol. The van der Waals surface area contributed by atoms with E-state index in [2.05, 4.69) is 23.8 Å². The predicted molar refractivity (Wildman–Crippen MR) is 108 cm³/mol. The number of piperidine rings is 1.